The molecule has 0 unspecified atom stereocenters. The molecule has 0 radical (unpaired) electrons. The van der Waals surface area contributed by atoms with Crippen molar-refractivity contribution in [1.82, 2.24) is 4.31 Å². The Labute approximate surface area is 119 Å². The standard InChI is InChI=1S/C14H32N2O2S/c1-7-10-16(14(8-2,9-3)11-15)19(17,18)12-13(4,5)6/h7-12,15H2,1-6H3. The van der Waals surface area contributed by atoms with Gasteiger partial charge < -0.3 is 5.73 Å². The Morgan fingerprint density at radius 3 is 1.79 bits per heavy atom. The van der Waals surface area contributed by atoms with Crippen LogP contribution in [0.15, 0.2) is 0 Å². The first-order valence-electron chi connectivity index (χ1n) is 7.29. The maximum absolute atomic E-state index is 12.7. The van der Waals surface area contributed by atoms with Gasteiger partial charge in [0.15, 0.2) is 0 Å². The summed E-state index contributed by atoms with van der Waals surface area (Å²) in [5, 5.41) is 0. The molecule has 4 nitrogen and oxygen atoms in total. The van der Waals surface area contributed by atoms with Crippen molar-refractivity contribution in [2.24, 2.45) is 11.1 Å². The Bertz CT molecular complexity index is 346. The normalized spacial score (nSPS) is 14.1. The fraction of sp³-hybridized carbons (Fsp3) is 1.00. The van der Waals surface area contributed by atoms with Gasteiger partial charge in [0.2, 0.25) is 10.0 Å². The Kier molecular flexibility index (Phi) is 7.00. The number of sulfonamides is 1. The Morgan fingerprint density at radius 2 is 1.53 bits per heavy atom. The molecule has 116 valence electrons. The molecule has 0 aliphatic carbocycles. The lowest BCUT2D eigenvalue weighted by atomic mass is 9.93. The molecule has 0 aliphatic heterocycles. The van der Waals surface area contributed by atoms with E-state index in [1.165, 1.54) is 0 Å². The lowest BCUT2D eigenvalue weighted by Crippen LogP contribution is -2.57. The summed E-state index contributed by atoms with van der Waals surface area (Å²) in [6.07, 6.45) is 2.32. The van der Waals surface area contributed by atoms with Crippen LogP contribution in [0.2, 0.25) is 0 Å². The van der Waals surface area contributed by atoms with Gasteiger partial charge in [-0.3, -0.25) is 0 Å². The van der Waals surface area contributed by atoms with Crippen LogP contribution < -0.4 is 5.73 Å². The Hall–Kier alpha value is -0.130. The van der Waals surface area contributed by atoms with Gasteiger partial charge in [-0.25, -0.2) is 8.42 Å². The molecule has 0 fully saturated rings. The molecule has 0 bridgehead atoms. The molecular weight excluding hydrogens is 260 g/mol. The average molecular weight is 292 g/mol. The number of nitrogens with zero attached hydrogens (tertiary/aromatic N) is 1. The lowest BCUT2D eigenvalue weighted by Gasteiger charge is -2.42. The number of hydrogen-bond acceptors (Lipinski definition) is 3. The van der Waals surface area contributed by atoms with Gasteiger partial charge in [0, 0.05) is 18.6 Å². The van der Waals surface area contributed by atoms with E-state index in [4.69, 9.17) is 5.73 Å². The molecular formula is C14H32N2O2S. The monoisotopic (exact) mass is 292 g/mol. The van der Waals surface area contributed by atoms with Crippen LogP contribution in [-0.4, -0.2) is 37.1 Å². The smallest absolute Gasteiger partial charge is 0.215 e. The summed E-state index contributed by atoms with van der Waals surface area (Å²) < 4.78 is 27.1. The SMILES string of the molecule is CCCN(C(CC)(CC)CN)S(=O)(=O)CC(C)(C)C. The summed E-state index contributed by atoms with van der Waals surface area (Å²) >= 11 is 0. The van der Waals surface area contributed by atoms with E-state index < -0.39 is 15.6 Å². The van der Waals surface area contributed by atoms with E-state index in [9.17, 15) is 8.42 Å². The highest BCUT2D eigenvalue weighted by atomic mass is 32.2. The summed E-state index contributed by atoms with van der Waals surface area (Å²) in [5.74, 6) is 0.168. The molecule has 2 N–H and O–H groups in total. The van der Waals surface area contributed by atoms with Crippen molar-refractivity contribution in [3.05, 3.63) is 0 Å². The van der Waals surface area contributed by atoms with Crippen molar-refractivity contribution < 1.29 is 8.42 Å². The van der Waals surface area contributed by atoms with E-state index in [2.05, 4.69) is 0 Å². The predicted molar refractivity (Wildman–Crippen MR) is 82.6 cm³/mol. The molecule has 0 aromatic heterocycles. The minimum Gasteiger partial charge on any atom is -0.329 e. The van der Waals surface area contributed by atoms with Gasteiger partial charge in [0.05, 0.1) is 5.75 Å². The zero-order valence-corrected chi connectivity index (χ0v) is 14.3. The van der Waals surface area contributed by atoms with E-state index in [-0.39, 0.29) is 11.2 Å². The van der Waals surface area contributed by atoms with Gasteiger partial charge in [-0.2, -0.15) is 4.31 Å². The van der Waals surface area contributed by atoms with Crippen LogP contribution in [0.4, 0.5) is 0 Å². The van der Waals surface area contributed by atoms with Crippen LogP contribution >= 0.6 is 0 Å². The van der Waals surface area contributed by atoms with Crippen molar-refractivity contribution in [2.45, 2.75) is 66.3 Å². The van der Waals surface area contributed by atoms with Gasteiger partial charge in [-0.05, 0) is 24.7 Å². The van der Waals surface area contributed by atoms with E-state index in [1.807, 2.05) is 41.5 Å². The molecule has 0 saturated carbocycles. The summed E-state index contributed by atoms with van der Waals surface area (Å²) in [4.78, 5) is 0. The fourth-order valence-electron chi connectivity index (χ4n) is 2.49. The van der Waals surface area contributed by atoms with Crippen LogP contribution in [0.25, 0.3) is 0 Å². The zero-order chi connectivity index (χ0) is 15.3. The number of nitrogens with two attached hydrogens (primary N) is 1. The first-order valence-corrected chi connectivity index (χ1v) is 8.90. The molecule has 0 atom stereocenters. The summed E-state index contributed by atoms with van der Waals surface area (Å²) in [6, 6.07) is 0. The van der Waals surface area contributed by atoms with Crippen molar-refractivity contribution in [1.29, 1.82) is 0 Å². The van der Waals surface area contributed by atoms with E-state index >= 15 is 0 Å². The van der Waals surface area contributed by atoms with Crippen molar-refractivity contribution in [3.63, 3.8) is 0 Å². The maximum Gasteiger partial charge on any atom is 0.215 e. The Morgan fingerprint density at radius 1 is 1.05 bits per heavy atom. The van der Waals surface area contributed by atoms with Crippen LogP contribution in [-0.2, 0) is 10.0 Å². The highest BCUT2D eigenvalue weighted by Crippen LogP contribution is 2.29. The predicted octanol–water partition coefficient (Wildman–Crippen LogP) is 2.59. The molecule has 0 saturated heterocycles. The minimum absolute atomic E-state index is 0.168. The third-order valence-corrected chi connectivity index (χ3v) is 6.08. The van der Waals surface area contributed by atoms with Crippen molar-refractivity contribution in [3.8, 4) is 0 Å². The zero-order valence-electron chi connectivity index (χ0n) is 13.5. The number of hydrogen-bond donors (Lipinski definition) is 1. The van der Waals surface area contributed by atoms with Gasteiger partial charge in [-0.15, -0.1) is 0 Å². The molecule has 0 aliphatic rings. The average Bonchev–Trinajstić information content (AvgIpc) is 2.27. The second kappa shape index (κ2) is 7.04. The Balaban J connectivity index is 5.53. The first kappa shape index (κ1) is 18.9. The molecule has 19 heavy (non-hydrogen) atoms. The molecule has 0 aromatic carbocycles. The summed E-state index contributed by atoms with van der Waals surface area (Å²) in [7, 11) is -3.28. The van der Waals surface area contributed by atoms with Crippen LogP contribution in [0, 0.1) is 5.41 Å². The molecule has 5 heteroatoms. The molecule has 0 rings (SSSR count). The summed E-state index contributed by atoms with van der Waals surface area (Å²) in [6.45, 7) is 12.8. The van der Waals surface area contributed by atoms with Gasteiger partial charge in [0.25, 0.3) is 0 Å². The molecule has 0 heterocycles. The fourth-order valence-corrected chi connectivity index (χ4v) is 5.13. The second-order valence-electron chi connectivity index (χ2n) is 6.52. The molecule has 0 amide bonds. The quantitative estimate of drug-likeness (QED) is 0.748. The topological polar surface area (TPSA) is 63.4 Å². The first-order chi connectivity index (χ1) is 8.58. The van der Waals surface area contributed by atoms with E-state index in [0.717, 1.165) is 19.3 Å². The van der Waals surface area contributed by atoms with Crippen LogP contribution in [0.3, 0.4) is 0 Å². The molecule has 0 spiro atoms. The van der Waals surface area contributed by atoms with E-state index in [0.29, 0.717) is 13.1 Å². The molecule has 0 aromatic rings. The maximum atomic E-state index is 12.7. The minimum atomic E-state index is -3.28. The highest BCUT2D eigenvalue weighted by molar-refractivity contribution is 7.89. The van der Waals surface area contributed by atoms with Gasteiger partial charge in [0.1, 0.15) is 0 Å². The summed E-state index contributed by atoms with van der Waals surface area (Å²) in [5.41, 5.74) is 5.24. The van der Waals surface area contributed by atoms with Crippen LogP contribution in [0.1, 0.15) is 60.8 Å². The second-order valence-corrected chi connectivity index (χ2v) is 8.42. The third-order valence-electron chi connectivity index (χ3n) is 3.60. The van der Waals surface area contributed by atoms with Crippen molar-refractivity contribution in [2.75, 3.05) is 18.8 Å². The highest BCUT2D eigenvalue weighted by Gasteiger charge is 2.40. The van der Waals surface area contributed by atoms with Crippen molar-refractivity contribution >= 4 is 10.0 Å². The lowest BCUT2D eigenvalue weighted by molar-refractivity contribution is 0.176. The van der Waals surface area contributed by atoms with E-state index in [1.54, 1.807) is 4.31 Å². The largest absolute Gasteiger partial charge is 0.329 e. The van der Waals surface area contributed by atoms with Crippen LogP contribution in [0.5, 0.6) is 0 Å². The van der Waals surface area contributed by atoms with Gasteiger partial charge in [-0.1, -0.05) is 41.5 Å². The van der Waals surface area contributed by atoms with Gasteiger partial charge >= 0.3 is 0 Å². The third kappa shape index (κ3) is 5.04. The number of rotatable bonds is 8.